The number of fused-ring (bicyclic) bond motifs is 3. The molecule has 0 aromatic carbocycles. The van der Waals surface area contributed by atoms with Gasteiger partial charge < -0.3 is 5.73 Å². The molecule has 74 valence electrons. The van der Waals surface area contributed by atoms with E-state index in [4.69, 9.17) is 5.73 Å². The third kappa shape index (κ3) is 1.11. The molecule has 0 fully saturated rings. The molecule has 2 N–H and O–H groups in total. The third-order valence-corrected chi connectivity index (χ3v) is 3.13. The van der Waals surface area contributed by atoms with Crippen LogP contribution in [0, 0.1) is 0 Å². The van der Waals surface area contributed by atoms with Gasteiger partial charge in [0.15, 0.2) is 4.96 Å². The van der Waals surface area contributed by atoms with Crippen molar-refractivity contribution < 1.29 is 4.79 Å². The number of imidazole rings is 1. The molecule has 0 spiro atoms. The number of hydrogen-bond donors (Lipinski definition) is 1. The molecular formula is C9H6N4OS. The molecule has 0 bridgehead atoms. The molecule has 15 heavy (non-hydrogen) atoms. The van der Waals surface area contributed by atoms with Crippen LogP contribution in [0.2, 0.25) is 0 Å². The standard InChI is InChI=1S/C9H6N4OS/c10-7(14)5-1-2-6-8(12-5)15-9-11-3-4-13(6)9/h1-4H,(H2,10,14). The summed E-state index contributed by atoms with van der Waals surface area (Å²) in [5.74, 6) is -0.511. The van der Waals surface area contributed by atoms with E-state index in [1.54, 1.807) is 12.3 Å². The Morgan fingerprint density at radius 2 is 2.33 bits per heavy atom. The quantitative estimate of drug-likeness (QED) is 0.663. The van der Waals surface area contributed by atoms with Crippen LogP contribution in [0.15, 0.2) is 24.5 Å². The van der Waals surface area contributed by atoms with Gasteiger partial charge in [-0.3, -0.25) is 9.20 Å². The van der Waals surface area contributed by atoms with Gasteiger partial charge in [-0.2, -0.15) is 0 Å². The number of amides is 1. The second-order valence-corrected chi connectivity index (χ2v) is 4.02. The van der Waals surface area contributed by atoms with E-state index in [1.165, 1.54) is 11.3 Å². The van der Waals surface area contributed by atoms with Gasteiger partial charge in [0, 0.05) is 12.4 Å². The van der Waals surface area contributed by atoms with Gasteiger partial charge in [-0.05, 0) is 12.1 Å². The third-order valence-electron chi connectivity index (χ3n) is 2.15. The molecule has 5 nitrogen and oxygen atoms in total. The zero-order valence-electron chi connectivity index (χ0n) is 7.54. The van der Waals surface area contributed by atoms with Gasteiger partial charge in [-0.1, -0.05) is 11.3 Å². The highest BCUT2D eigenvalue weighted by Crippen LogP contribution is 2.23. The number of rotatable bonds is 1. The van der Waals surface area contributed by atoms with Crippen molar-refractivity contribution in [1.29, 1.82) is 0 Å². The molecule has 0 aliphatic carbocycles. The van der Waals surface area contributed by atoms with E-state index in [1.807, 2.05) is 16.7 Å². The molecule has 0 atom stereocenters. The molecule has 0 saturated heterocycles. The summed E-state index contributed by atoms with van der Waals surface area (Å²) in [5, 5.41) is 0. The highest BCUT2D eigenvalue weighted by molar-refractivity contribution is 7.23. The van der Waals surface area contributed by atoms with Crippen molar-refractivity contribution in [1.82, 2.24) is 14.4 Å². The summed E-state index contributed by atoms with van der Waals surface area (Å²) in [6, 6.07) is 3.45. The summed E-state index contributed by atoms with van der Waals surface area (Å²) in [7, 11) is 0. The Kier molecular flexibility index (Phi) is 1.54. The molecule has 0 unspecified atom stereocenters. The lowest BCUT2D eigenvalue weighted by atomic mass is 10.3. The Morgan fingerprint density at radius 3 is 3.13 bits per heavy atom. The van der Waals surface area contributed by atoms with Crippen molar-refractivity contribution in [3.8, 4) is 0 Å². The van der Waals surface area contributed by atoms with Crippen LogP contribution in [0.3, 0.4) is 0 Å². The fourth-order valence-electron chi connectivity index (χ4n) is 1.46. The summed E-state index contributed by atoms with van der Waals surface area (Å²) >= 11 is 1.43. The predicted octanol–water partition coefficient (Wildman–Crippen LogP) is 1.04. The first-order valence-corrected chi connectivity index (χ1v) is 5.10. The summed E-state index contributed by atoms with van der Waals surface area (Å²) in [6.45, 7) is 0. The van der Waals surface area contributed by atoms with E-state index in [9.17, 15) is 4.79 Å². The molecule has 0 radical (unpaired) electrons. The molecule has 3 heterocycles. The van der Waals surface area contributed by atoms with Gasteiger partial charge >= 0.3 is 0 Å². The van der Waals surface area contributed by atoms with Crippen LogP contribution in [0.4, 0.5) is 0 Å². The average molecular weight is 218 g/mol. The molecule has 0 aliphatic heterocycles. The van der Waals surface area contributed by atoms with Crippen LogP contribution in [0.5, 0.6) is 0 Å². The maximum Gasteiger partial charge on any atom is 0.267 e. The zero-order valence-corrected chi connectivity index (χ0v) is 8.36. The first-order valence-electron chi connectivity index (χ1n) is 4.28. The minimum atomic E-state index is -0.511. The maximum atomic E-state index is 10.9. The number of carbonyl (C=O) groups excluding carboxylic acids is 1. The van der Waals surface area contributed by atoms with Crippen molar-refractivity contribution in [2.75, 3.05) is 0 Å². The molecule has 3 aromatic rings. The van der Waals surface area contributed by atoms with Gasteiger partial charge in [0.05, 0.1) is 5.52 Å². The summed E-state index contributed by atoms with van der Waals surface area (Å²) in [6.07, 6.45) is 3.59. The van der Waals surface area contributed by atoms with Crippen LogP contribution >= 0.6 is 11.3 Å². The lowest BCUT2D eigenvalue weighted by molar-refractivity contribution is 0.0996. The molecule has 6 heteroatoms. The number of nitrogens with zero attached hydrogens (tertiary/aromatic N) is 3. The molecule has 3 aromatic heterocycles. The van der Waals surface area contributed by atoms with E-state index in [2.05, 4.69) is 9.97 Å². The fraction of sp³-hybridized carbons (Fsp3) is 0. The number of hydrogen-bond acceptors (Lipinski definition) is 4. The van der Waals surface area contributed by atoms with Gasteiger partial charge in [0.1, 0.15) is 10.5 Å². The Balaban J connectivity index is 2.40. The Bertz CT molecular complexity index is 669. The van der Waals surface area contributed by atoms with Crippen molar-refractivity contribution >= 4 is 32.6 Å². The summed E-state index contributed by atoms with van der Waals surface area (Å²) in [4.78, 5) is 20.9. The van der Waals surface area contributed by atoms with Crippen molar-refractivity contribution in [3.63, 3.8) is 0 Å². The smallest absolute Gasteiger partial charge is 0.267 e. The van der Waals surface area contributed by atoms with Crippen LogP contribution in [-0.2, 0) is 0 Å². The number of primary amides is 1. The van der Waals surface area contributed by atoms with Gasteiger partial charge in [0.2, 0.25) is 0 Å². The molecule has 3 rings (SSSR count). The Hall–Kier alpha value is -1.95. The SMILES string of the molecule is NC(=O)c1ccc2c(n1)sc1nccn12. The van der Waals surface area contributed by atoms with Crippen LogP contribution in [0.1, 0.15) is 10.5 Å². The lowest BCUT2D eigenvalue weighted by Gasteiger charge is -1.94. The molecular weight excluding hydrogens is 212 g/mol. The lowest BCUT2D eigenvalue weighted by Crippen LogP contribution is -2.12. The Labute approximate surface area is 88.2 Å². The van der Waals surface area contributed by atoms with Gasteiger partial charge in [-0.15, -0.1) is 0 Å². The van der Waals surface area contributed by atoms with Crippen molar-refractivity contribution in [2.24, 2.45) is 5.73 Å². The van der Waals surface area contributed by atoms with Crippen LogP contribution in [-0.4, -0.2) is 20.3 Å². The first-order chi connectivity index (χ1) is 7.25. The molecule has 0 saturated carbocycles. The highest BCUT2D eigenvalue weighted by Gasteiger charge is 2.09. The molecule has 1 amide bonds. The second kappa shape index (κ2) is 2.77. The predicted molar refractivity (Wildman–Crippen MR) is 56.9 cm³/mol. The van der Waals surface area contributed by atoms with E-state index in [0.717, 1.165) is 15.3 Å². The summed E-state index contributed by atoms with van der Waals surface area (Å²) in [5.41, 5.74) is 6.38. The number of thiazole rings is 1. The minimum absolute atomic E-state index is 0.284. The second-order valence-electron chi connectivity index (χ2n) is 3.07. The van der Waals surface area contributed by atoms with E-state index in [0.29, 0.717) is 0 Å². The average Bonchev–Trinajstić information content (AvgIpc) is 2.75. The monoisotopic (exact) mass is 218 g/mol. The number of aromatic nitrogens is 3. The van der Waals surface area contributed by atoms with Crippen molar-refractivity contribution in [3.05, 3.63) is 30.2 Å². The summed E-state index contributed by atoms with van der Waals surface area (Å²) < 4.78 is 1.93. The normalized spacial score (nSPS) is 11.2. The van der Waals surface area contributed by atoms with Crippen LogP contribution in [0.25, 0.3) is 15.3 Å². The fourth-order valence-corrected chi connectivity index (χ4v) is 2.42. The van der Waals surface area contributed by atoms with Gasteiger partial charge in [0.25, 0.3) is 5.91 Å². The number of pyridine rings is 1. The maximum absolute atomic E-state index is 10.9. The van der Waals surface area contributed by atoms with E-state index >= 15 is 0 Å². The zero-order chi connectivity index (χ0) is 10.4. The van der Waals surface area contributed by atoms with E-state index in [-0.39, 0.29) is 5.69 Å². The van der Waals surface area contributed by atoms with Crippen molar-refractivity contribution in [2.45, 2.75) is 0 Å². The topological polar surface area (TPSA) is 73.3 Å². The number of nitrogens with two attached hydrogens (primary N) is 1. The molecule has 0 aliphatic rings. The van der Waals surface area contributed by atoms with Gasteiger partial charge in [-0.25, -0.2) is 9.97 Å². The Morgan fingerprint density at radius 1 is 1.47 bits per heavy atom. The highest BCUT2D eigenvalue weighted by atomic mass is 32.1. The first kappa shape index (κ1) is 8.37. The number of carbonyl (C=O) groups is 1. The minimum Gasteiger partial charge on any atom is -0.364 e. The van der Waals surface area contributed by atoms with Crippen LogP contribution < -0.4 is 5.73 Å². The largest absolute Gasteiger partial charge is 0.364 e. The van der Waals surface area contributed by atoms with E-state index < -0.39 is 5.91 Å².